The van der Waals surface area contributed by atoms with Crippen LogP contribution < -0.4 is 22.1 Å². The molecule has 2 aromatic carbocycles. The molecule has 0 fully saturated rings. The summed E-state index contributed by atoms with van der Waals surface area (Å²) in [7, 11) is 0. The number of alkyl carbamates (subject to hydrolysis) is 1. The number of urea groups is 1. The maximum absolute atomic E-state index is 14.3. The molecule has 42 heavy (non-hydrogen) atoms. The number of carbonyl (C=O) groups excluding carboxylic acids is 4. The quantitative estimate of drug-likeness (QED) is 0.214. The van der Waals surface area contributed by atoms with Crippen LogP contribution in [0.25, 0.3) is 0 Å². The summed E-state index contributed by atoms with van der Waals surface area (Å²) < 4.78 is 5.45. The first-order valence-corrected chi connectivity index (χ1v) is 14.1. The Hall–Kier alpha value is -4.12. The predicted octanol–water partition coefficient (Wildman–Crippen LogP) is 2.84. The molecule has 0 aliphatic carbocycles. The summed E-state index contributed by atoms with van der Waals surface area (Å²) in [4.78, 5) is 53.4. The monoisotopic (exact) mass is 583 g/mol. The van der Waals surface area contributed by atoms with E-state index in [9.17, 15) is 24.3 Å². The van der Waals surface area contributed by atoms with Crippen molar-refractivity contribution in [1.29, 1.82) is 0 Å². The van der Waals surface area contributed by atoms with Crippen molar-refractivity contribution in [1.82, 2.24) is 15.5 Å². The van der Waals surface area contributed by atoms with E-state index in [1.165, 1.54) is 0 Å². The minimum atomic E-state index is -1.44. The van der Waals surface area contributed by atoms with Gasteiger partial charge in [0, 0.05) is 6.42 Å². The highest BCUT2D eigenvalue weighted by Gasteiger charge is 2.42. The van der Waals surface area contributed by atoms with Crippen molar-refractivity contribution in [2.75, 3.05) is 0 Å². The number of primary amides is 2. The van der Waals surface area contributed by atoms with Crippen LogP contribution in [0, 0.1) is 5.92 Å². The van der Waals surface area contributed by atoms with Gasteiger partial charge < -0.3 is 31.5 Å². The molecule has 230 valence electrons. The van der Waals surface area contributed by atoms with E-state index in [1.54, 1.807) is 51.1 Å². The molecule has 0 radical (unpaired) electrons. The minimum Gasteiger partial charge on any atom is -0.444 e. The Morgan fingerprint density at radius 2 is 1.45 bits per heavy atom. The average Bonchev–Trinajstić information content (AvgIpc) is 2.89. The van der Waals surface area contributed by atoms with Gasteiger partial charge in [-0.2, -0.15) is 0 Å². The Morgan fingerprint density at radius 1 is 0.905 bits per heavy atom. The second kappa shape index (κ2) is 15.8. The van der Waals surface area contributed by atoms with Crippen LogP contribution in [0.2, 0.25) is 0 Å². The average molecular weight is 584 g/mol. The van der Waals surface area contributed by atoms with Gasteiger partial charge >= 0.3 is 12.1 Å². The van der Waals surface area contributed by atoms with E-state index >= 15 is 0 Å². The molecule has 4 atom stereocenters. The van der Waals surface area contributed by atoms with Crippen LogP contribution in [0.1, 0.15) is 58.6 Å². The summed E-state index contributed by atoms with van der Waals surface area (Å²) in [5.74, 6) is -1.66. The molecule has 7 N–H and O–H groups in total. The number of hydrogen-bond acceptors (Lipinski definition) is 6. The van der Waals surface area contributed by atoms with Gasteiger partial charge in [0.2, 0.25) is 11.8 Å². The third kappa shape index (κ3) is 11.4. The number of carbonyl (C=O) groups is 4. The fourth-order valence-corrected chi connectivity index (χ4v) is 4.60. The Morgan fingerprint density at radius 3 is 1.93 bits per heavy atom. The van der Waals surface area contributed by atoms with Crippen LogP contribution in [0.15, 0.2) is 60.7 Å². The molecule has 0 aliphatic heterocycles. The molecule has 0 spiro atoms. The lowest BCUT2D eigenvalue weighted by Crippen LogP contribution is -2.66. The molecular weight excluding hydrogens is 538 g/mol. The Labute approximate surface area is 248 Å². The molecule has 1 unspecified atom stereocenters. The number of aliphatic hydroxyl groups excluding tert-OH is 1. The van der Waals surface area contributed by atoms with E-state index in [4.69, 9.17) is 16.2 Å². The van der Waals surface area contributed by atoms with Crippen molar-refractivity contribution in [3.8, 4) is 0 Å². The maximum Gasteiger partial charge on any atom is 0.409 e. The summed E-state index contributed by atoms with van der Waals surface area (Å²) in [6.45, 7) is 8.73. The molecule has 5 amide bonds. The zero-order chi connectivity index (χ0) is 31.4. The fourth-order valence-electron chi connectivity index (χ4n) is 4.60. The van der Waals surface area contributed by atoms with Crippen molar-refractivity contribution in [3.63, 3.8) is 0 Å². The van der Waals surface area contributed by atoms with Crippen LogP contribution in [0.4, 0.5) is 9.59 Å². The normalized spacial score (nSPS) is 14.3. The maximum atomic E-state index is 14.3. The van der Waals surface area contributed by atoms with Gasteiger partial charge in [0.1, 0.15) is 23.9 Å². The molecule has 2 aromatic rings. The van der Waals surface area contributed by atoms with Gasteiger partial charge in [-0.05, 0) is 57.1 Å². The first-order valence-electron chi connectivity index (χ1n) is 14.1. The molecule has 11 nitrogen and oxygen atoms in total. The lowest BCUT2D eigenvalue weighted by Gasteiger charge is -2.41. The molecule has 2 rings (SSSR count). The molecule has 0 aromatic heterocycles. The Bertz CT molecular complexity index is 1170. The molecule has 11 heteroatoms. The SMILES string of the molecule is CC(C)C[C@H](NC(N)=O)C(=O)N(C(NC(=O)OC(C)(C)C)[C@@H](O)CCc1ccccc1)[C@@H](Cc1ccccc1)C(N)=O. The van der Waals surface area contributed by atoms with E-state index in [0.717, 1.165) is 10.5 Å². The van der Waals surface area contributed by atoms with Crippen LogP contribution in [-0.4, -0.2) is 63.9 Å². The Balaban J connectivity index is 2.63. The van der Waals surface area contributed by atoms with Crippen LogP contribution in [0.3, 0.4) is 0 Å². The standard InChI is InChI=1S/C31H45N5O6/c1-20(2)18-23(34-29(33)40)28(39)36(24(26(32)38)19-22-14-10-7-11-15-22)27(35-30(41)42-31(3,4)5)25(37)17-16-21-12-8-6-9-13-21/h6-15,20,23-25,27,37H,16-19H2,1-5H3,(H2,32,38)(H,35,41)(H3,33,34,40)/t23-,24-,25-,27?/m0/s1. The highest BCUT2D eigenvalue weighted by Crippen LogP contribution is 2.21. The van der Waals surface area contributed by atoms with E-state index in [1.807, 2.05) is 44.2 Å². The van der Waals surface area contributed by atoms with Gasteiger partial charge in [0.15, 0.2) is 0 Å². The smallest absolute Gasteiger partial charge is 0.409 e. The largest absolute Gasteiger partial charge is 0.444 e. The molecule has 0 saturated carbocycles. The van der Waals surface area contributed by atoms with Crippen molar-refractivity contribution < 1.29 is 29.0 Å². The van der Waals surface area contributed by atoms with Gasteiger partial charge in [-0.1, -0.05) is 74.5 Å². The Kier molecular flexibility index (Phi) is 12.8. The number of nitrogens with one attached hydrogen (secondary N) is 2. The van der Waals surface area contributed by atoms with Crippen LogP contribution in [0.5, 0.6) is 0 Å². The number of benzene rings is 2. The summed E-state index contributed by atoms with van der Waals surface area (Å²) in [6, 6.07) is 14.9. The van der Waals surface area contributed by atoms with Gasteiger partial charge in [0.05, 0.1) is 6.10 Å². The number of hydrogen-bond donors (Lipinski definition) is 5. The first kappa shape index (κ1) is 34.1. The van der Waals surface area contributed by atoms with Gasteiger partial charge in [0.25, 0.3) is 0 Å². The third-order valence-corrected chi connectivity index (χ3v) is 6.41. The summed E-state index contributed by atoms with van der Waals surface area (Å²) in [5.41, 5.74) is 12.0. The second-order valence-electron chi connectivity index (χ2n) is 11.7. The lowest BCUT2D eigenvalue weighted by molar-refractivity contribution is -0.148. The van der Waals surface area contributed by atoms with Crippen molar-refractivity contribution in [2.24, 2.45) is 17.4 Å². The van der Waals surface area contributed by atoms with E-state index in [2.05, 4.69) is 10.6 Å². The first-order chi connectivity index (χ1) is 19.7. The second-order valence-corrected chi connectivity index (χ2v) is 11.7. The van der Waals surface area contributed by atoms with Crippen molar-refractivity contribution in [3.05, 3.63) is 71.8 Å². The molecule has 0 heterocycles. The molecule has 0 aliphatic rings. The zero-order valence-corrected chi connectivity index (χ0v) is 25.1. The van der Waals surface area contributed by atoms with E-state index in [0.29, 0.717) is 12.0 Å². The van der Waals surface area contributed by atoms with E-state index in [-0.39, 0.29) is 25.2 Å². The molecular formula is C31H45N5O6. The number of ether oxygens (including phenoxy) is 1. The van der Waals surface area contributed by atoms with Crippen molar-refractivity contribution >= 4 is 23.9 Å². The van der Waals surface area contributed by atoms with Crippen LogP contribution >= 0.6 is 0 Å². The number of rotatable bonds is 14. The third-order valence-electron chi connectivity index (χ3n) is 6.41. The topological polar surface area (TPSA) is 177 Å². The van der Waals surface area contributed by atoms with E-state index < -0.39 is 53.9 Å². The summed E-state index contributed by atoms with van der Waals surface area (Å²) in [6.07, 6.45) is -3.02. The number of nitrogens with two attached hydrogens (primary N) is 2. The fraction of sp³-hybridized carbons (Fsp3) is 0.484. The number of nitrogens with zero attached hydrogens (tertiary/aromatic N) is 1. The van der Waals surface area contributed by atoms with Crippen LogP contribution in [-0.2, 0) is 27.2 Å². The lowest BCUT2D eigenvalue weighted by atomic mass is 9.97. The molecule has 0 bridgehead atoms. The predicted molar refractivity (Wildman–Crippen MR) is 160 cm³/mol. The molecule has 0 saturated heterocycles. The number of aryl methyl sites for hydroxylation is 1. The number of aliphatic hydroxyl groups is 1. The van der Waals surface area contributed by atoms with Gasteiger partial charge in [-0.15, -0.1) is 0 Å². The number of amides is 5. The van der Waals surface area contributed by atoms with Crippen molar-refractivity contribution in [2.45, 2.75) is 90.3 Å². The van der Waals surface area contributed by atoms with Gasteiger partial charge in [-0.25, -0.2) is 9.59 Å². The minimum absolute atomic E-state index is 0.00914. The van der Waals surface area contributed by atoms with Gasteiger partial charge in [-0.3, -0.25) is 14.9 Å². The zero-order valence-electron chi connectivity index (χ0n) is 25.1. The summed E-state index contributed by atoms with van der Waals surface area (Å²) >= 11 is 0. The summed E-state index contributed by atoms with van der Waals surface area (Å²) in [5, 5.41) is 16.6. The highest BCUT2D eigenvalue weighted by molar-refractivity contribution is 5.92. The highest BCUT2D eigenvalue weighted by atomic mass is 16.6.